The van der Waals surface area contributed by atoms with Crippen LogP contribution in [0.5, 0.6) is 0 Å². The monoisotopic (exact) mass is 184 g/mol. The summed E-state index contributed by atoms with van der Waals surface area (Å²) in [6.07, 6.45) is 3.88. The van der Waals surface area contributed by atoms with Crippen LogP contribution in [0.2, 0.25) is 0 Å². The fourth-order valence-electron chi connectivity index (χ4n) is 1.34. The summed E-state index contributed by atoms with van der Waals surface area (Å²) in [6, 6.07) is 0.364. The Morgan fingerprint density at radius 2 is 2.23 bits per heavy atom. The lowest BCUT2D eigenvalue weighted by Crippen LogP contribution is -2.37. The molecule has 0 aromatic carbocycles. The van der Waals surface area contributed by atoms with Gasteiger partial charge in [-0.15, -0.1) is 0 Å². The van der Waals surface area contributed by atoms with Crippen LogP contribution in [-0.2, 0) is 4.79 Å². The lowest BCUT2D eigenvalue weighted by molar-refractivity contribution is -0.122. The SMILES string of the molecule is CCC(C)NC(=O)CC(N)C1CC1. The fraction of sp³-hybridized carbons (Fsp3) is 0.900. The van der Waals surface area contributed by atoms with E-state index in [1.165, 1.54) is 12.8 Å². The summed E-state index contributed by atoms with van der Waals surface area (Å²) in [5.74, 6) is 0.719. The predicted molar refractivity (Wildman–Crippen MR) is 53.2 cm³/mol. The third-order valence-electron chi connectivity index (χ3n) is 2.67. The van der Waals surface area contributed by atoms with Crippen LogP contribution in [0.25, 0.3) is 0 Å². The van der Waals surface area contributed by atoms with Gasteiger partial charge in [0.1, 0.15) is 0 Å². The summed E-state index contributed by atoms with van der Waals surface area (Å²) in [5.41, 5.74) is 5.84. The molecule has 0 bridgehead atoms. The van der Waals surface area contributed by atoms with Gasteiger partial charge in [0.15, 0.2) is 0 Å². The van der Waals surface area contributed by atoms with Gasteiger partial charge in [0.05, 0.1) is 0 Å². The molecule has 13 heavy (non-hydrogen) atoms. The van der Waals surface area contributed by atoms with Crippen molar-refractivity contribution >= 4 is 5.91 Å². The third-order valence-corrected chi connectivity index (χ3v) is 2.67. The van der Waals surface area contributed by atoms with Gasteiger partial charge in [0.2, 0.25) is 5.91 Å². The zero-order valence-corrected chi connectivity index (χ0v) is 8.55. The second-order valence-corrected chi connectivity index (χ2v) is 4.08. The highest BCUT2D eigenvalue weighted by Crippen LogP contribution is 2.32. The lowest BCUT2D eigenvalue weighted by Gasteiger charge is -2.14. The zero-order valence-electron chi connectivity index (χ0n) is 8.55. The second-order valence-electron chi connectivity index (χ2n) is 4.08. The quantitative estimate of drug-likeness (QED) is 0.670. The van der Waals surface area contributed by atoms with Gasteiger partial charge in [-0.3, -0.25) is 4.79 Å². The number of nitrogens with one attached hydrogen (secondary N) is 1. The minimum Gasteiger partial charge on any atom is -0.354 e. The highest BCUT2D eigenvalue weighted by Gasteiger charge is 2.29. The van der Waals surface area contributed by atoms with Crippen molar-refractivity contribution in [2.75, 3.05) is 0 Å². The molecule has 1 rings (SSSR count). The molecule has 1 amide bonds. The average Bonchev–Trinajstić information content (AvgIpc) is 2.85. The Balaban J connectivity index is 2.15. The van der Waals surface area contributed by atoms with E-state index in [0.29, 0.717) is 12.3 Å². The van der Waals surface area contributed by atoms with Crippen molar-refractivity contribution in [3.05, 3.63) is 0 Å². The molecule has 0 aliphatic heterocycles. The van der Waals surface area contributed by atoms with Crippen molar-refractivity contribution in [3.63, 3.8) is 0 Å². The highest BCUT2D eigenvalue weighted by atomic mass is 16.1. The lowest BCUT2D eigenvalue weighted by atomic mass is 10.1. The number of hydrogen-bond acceptors (Lipinski definition) is 2. The van der Waals surface area contributed by atoms with E-state index in [-0.39, 0.29) is 18.0 Å². The number of nitrogens with two attached hydrogens (primary N) is 1. The molecule has 0 aromatic heterocycles. The van der Waals surface area contributed by atoms with Crippen molar-refractivity contribution in [2.45, 2.75) is 51.6 Å². The maximum atomic E-state index is 11.4. The van der Waals surface area contributed by atoms with E-state index >= 15 is 0 Å². The van der Waals surface area contributed by atoms with Gasteiger partial charge in [-0.25, -0.2) is 0 Å². The molecular formula is C10H20N2O. The maximum absolute atomic E-state index is 11.4. The Morgan fingerprint density at radius 1 is 1.62 bits per heavy atom. The van der Waals surface area contributed by atoms with Crippen LogP contribution in [0.15, 0.2) is 0 Å². The van der Waals surface area contributed by atoms with Crippen LogP contribution in [0.3, 0.4) is 0 Å². The van der Waals surface area contributed by atoms with Crippen molar-refractivity contribution < 1.29 is 4.79 Å². The van der Waals surface area contributed by atoms with E-state index in [2.05, 4.69) is 12.2 Å². The topological polar surface area (TPSA) is 55.1 Å². The molecular weight excluding hydrogens is 164 g/mol. The molecule has 0 radical (unpaired) electrons. The molecule has 1 aliphatic rings. The number of carbonyl (C=O) groups is 1. The molecule has 0 saturated heterocycles. The molecule has 1 saturated carbocycles. The summed E-state index contributed by atoms with van der Waals surface area (Å²) in [6.45, 7) is 4.08. The molecule has 1 fully saturated rings. The highest BCUT2D eigenvalue weighted by molar-refractivity contribution is 5.76. The van der Waals surface area contributed by atoms with Gasteiger partial charge in [0, 0.05) is 18.5 Å². The molecule has 0 spiro atoms. The van der Waals surface area contributed by atoms with Crippen LogP contribution >= 0.6 is 0 Å². The maximum Gasteiger partial charge on any atom is 0.221 e. The third kappa shape index (κ3) is 3.77. The largest absolute Gasteiger partial charge is 0.354 e. The van der Waals surface area contributed by atoms with Crippen LogP contribution in [0.1, 0.15) is 39.5 Å². The summed E-state index contributed by atoms with van der Waals surface area (Å²) in [5, 5.41) is 2.92. The molecule has 0 heterocycles. The van der Waals surface area contributed by atoms with E-state index in [1.807, 2.05) is 6.92 Å². The number of amides is 1. The average molecular weight is 184 g/mol. The first-order chi connectivity index (χ1) is 6.13. The summed E-state index contributed by atoms with van der Waals surface area (Å²) >= 11 is 0. The Hall–Kier alpha value is -0.570. The minimum atomic E-state index is 0.0871. The molecule has 3 nitrogen and oxygen atoms in total. The van der Waals surface area contributed by atoms with E-state index in [0.717, 1.165) is 6.42 Å². The van der Waals surface area contributed by atoms with Gasteiger partial charge < -0.3 is 11.1 Å². The van der Waals surface area contributed by atoms with Crippen molar-refractivity contribution in [3.8, 4) is 0 Å². The van der Waals surface area contributed by atoms with Crippen LogP contribution < -0.4 is 11.1 Å². The van der Waals surface area contributed by atoms with E-state index in [9.17, 15) is 4.79 Å². The van der Waals surface area contributed by atoms with Gasteiger partial charge >= 0.3 is 0 Å². The normalized spacial score (nSPS) is 20.8. The fourth-order valence-corrected chi connectivity index (χ4v) is 1.34. The van der Waals surface area contributed by atoms with Crippen LogP contribution in [-0.4, -0.2) is 18.0 Å². The van der Waals surface area contributed by atoms with Crippen LogP contribution in [0, 0.1) is 5.92 Å². The zero-order chi connectivity index (χ0) is 9.84. The van der Waals surface area contributed by atoms with Gasteiger partial charge in [0.25, 0.3) is 0 Å². The molecule has 0 aromatic rings. The first kappa shape index (κ1) is 10.5. The van der Waals surface area contributed by atoms with Crippen molar-refractivity contribution in [1.29, 1.82) is 0 Å². The van der Waals surface area contributed by atoms with Crippen molar-refractivity contribution in [1.82, 2.24) is 5.32 Å². The molecule has 1 aliphatic carbocycles. The summed E-state index contributed by atoms with van der Waals surface area (Å²) in [7, 11) is 0. The van der Waals surface area contributed by atoms with E-state index < -0.39 is 0 Å². The predicted octanol–water partition coefficient (Wildman–Crippen LogP) is 1.03. The molecule has 2 unspecified atom stereocenters. The Kier molecular flexibility index (Phi) is 3.72. The summed E-state index contributed by atoms with van der Waals surface area (Å²) in [4.78, 5) is 11.4. The number of rotatable bonds is 5. The number of carbonyl (C=O) groups excluding carboxylic acids is 1. The number of hydrogen-bond donors (Lipinski definition) is 2. The van der Waals surface area contributed by atoms with Crippen LogP contribution in [0.4, 0.5) is 0 Å². The van der Waals surface area contributed by atoms with Crippen molar-refractivity contribution in [2.24, 2.45) is 11.7 Å². The molecule has 3 N–H and O–H groups in total. The minimum absolute atomic E-state index is 0.0871. The Labute approximate surface area is 80.1 Å². The molecule has 76 valence electrons. The van der Waals surface area contributed by atoms with Gasteiger partial charge in [-0.05, 0) is 32.1 Å². The smallest absolute Gasteiger partial charge is 0.221 e. The first-order valence-corrected chi connectivity index (χ1v) is 5.18. The summed E-state index contributed by atoms with van der Waals surface area (Å²) < 4.78 is 0. The van der Waals surface area contributed by atoms with E-state index in [4.69, 9.17) is 5.73 Å². The Bertz CT molecular complexity index is 178. The second kappa shape index (κ2) is 4.61. The molecule has 3 heteroatoms. The standard InChI is InChI=1S/C10H20N2O/c1-3-7(2)12-10(13)6-9(11)8-4-5-8/h7-9H,3-6,11H2,1-2H3,(H,12,13). The van der Waals surface area contributed by atoms with Gasteiger partial charge in [-0.1, -0.05) is 6.92 Å². The first-order valence-electron chi connectivity index (χ1n) is 5.18. The van der Waals surface area contributed by atoms with Gasteiger partial charge in [-0.2, -0.15) is 0 Å². The Morgan fingerprint density at radius 3 is 2.69 bits per heavy atom. The van der Waals surface area contributed by atoms with E-state index in [1.54, 1.807) is 0 Å². The molecule has 2 atom stereocenters.